The Morgan fingerprint density at radius 1 is 1.47 bits per heavy atom. The molecule has 0 spiro atoms. The first-order valence-corrected chi connectivity index (χ1v) is 5.20. The summed E-state index contributed by atoms with van der Waals surface area (Å²) in [5, 5.41) is 0. The standard InChI is InChI=1S/C10H12F3N3O3/c1-2-18-9(17)7-5(3-14)6(4-16-8(7)15)19-10(11,12)13/h4H,2-3,14H2,1H3,(H2,15,16). The fourth-order valence-electron chi connectivity index (χ4n) is 1.39. The minimum Gasteiger partial charge on any atom is -0.462 e. The van der Waals surface area contributed by atoms with Gasteiger partial charge in [0, 0.05) is 12.1 Å². The van der Waals surface area contributed by atoms with Gasteiger partial charge in [-0.1, -0.05) is 0 Å². The van der Waals surface area contributed by atoms with Gasteiger partial charge in [0.15, 0.2) is 5.75 Å². The van der Waals surface area contributed by atoms with Crippen LogP contribution in [0.3, 0.4) is 0 Å². The predicted molar refractivity (Wildman–Crippen MR) is 59.2 cm³/mol. The molecule has 0 aromatic carbocycles. The van der Waals surface area contributed by atoms with Crippen LogP contribution in [0.4, 0.5) is 19.0 Å². The van der Waals surface area contributed by atoms with Gasteiger partial charge < -0.3 is 20.9 Å². The minimum atomic E-state index is -4.92. The molecule has 19 heavy (non-hydrogen) atoms. The molecule has 0 fully saturated rings. The van der Waals surface area contributed by atoms with Crippen LogP contribution in [0.15, 0.2) is 6.20 Å². The number of aromatic nitrogens is 1. The van der Waals surface area contributed by atoms with Gasteiger partial charge in [-0.3, -0.25) is 0 Å². The number of hydrogen-bond donors (Lipinski definition) is 2. The number of pyridine rings is 1. The van der Waals surface area contributed by atoms with Crippen molar-refractivity contribution in [1.29, 1.82) is 0 Å². The van der Waals surface area contributed by atoms with Crippen molar-refractivity contribution in [2.45, 2.75) is 19.8 Å². The molecule has 0 saturated carbocycles. The number of halogens is 3. The Kier molecular flexibility index (Phi) is 4.54. The van der Waals surface area contributed by atoms with Gasteiger partial charge in [-0.05, 0) is 6.92 Å². The molecule has 1 aromatic rings. The third-order valence-electron chi connectivity index (χ3n) is 2.09. The van der Waals surface area contributed by atoms with E-state index in [1.54, 1.807) is 6.92 Å². The highest BCUT2D eigenvalue weighted by molar-refractivity contribution is 5.96. The van der Waals surface area contributed by atoms with Crippen LogP contribution in [0, 0.1) is 0 Å². The summed E-state index contributed by atoms with van der Waals surface area (Å²) in [5.74, 6) is -1.85. The van der Waals surface area contributed by atoms with Crippen LogP contribution in [0.5, 0.6) is 5.75 Å². The fourth-order valence-corrected chi connectivity index (χ4v) is 1.39. The van der Waals surface area contributed by atoms with Gasteiger partial charge in [-0.25, -0.2) is 9.78 Å². The maximum atomic E-state index is 12.2. The Hall–Kier alpha value is -2.03. The number of esters is 1. The van der Waals surface area contributed by atoms with Gasteiger partial charge in [0.25, 0.3) is 0 Å². The highest BCUT2D eigenvalue weighted by Gasteiger charge is 2.33. The number of rotatable bonds is 4. The number of nitrogens with two attached hydrogens (primary N) is 2. The number of nitrogens with zero attached hydrogens (tertiary/aromatic N) is 1. The molecule has 4 N–H and O–H groups in total. The second kappa shape index (κ2) is 5.74. The molecule has 0 aliphatic carbocycles. The normalized spacial score (nSPS) is 11.2. The average molecular weight is 279 g/mol. The van der Waals surface area contributed by atoms with Gasteiger partial charge >= 0.3 is 12.3 Å². The zero-order chi connectivity index (χ0) is 14.6. The molecule has 0 atom stereocenters. The van der Waals surface area contributed by atoms with E-state index in [-0.39, 0.29) is 30.1 Å². The zero-order valence-electron chi connectivity index (χ0n) is 9.95. The first-order valence-electron chi connectivity index (χ1n) is 5.20. The van der Waals surface area contributed by atoms with Crippen molar-refractivity contribution in [2.75, 3.05) is 12.3 Å². The summed E-state index contributed by atoms with van der Waals surface area (Å²) in [6.07, 6.45) is -4.17. The van der Waals surface area contributed by atoms with Crippen LogP contribution in [-0.2, 0) is 11.3 Å². The Labute approximate surface area is 106 Å². The van der Waals surface area contributed by atoms with E-state index in [2.05, 4.69) is 14.5 Å². The molecule has 1 rings (SSSR count). The lowest BCUT2D eigenvalue weighted by Gasteiger charge is -2.15. The first-order chi connectivity index (χ1) is 8.80. The number of alkyl halides is 3. The third kappa shape index (κ3) is 3.71. The van der Waals surface area contributed by atoms with Crippen molar-refractivity contribution in [1.82, 2.24) is 4.98 Å². The molecule has 0 radical (unpaired) electrons. The second-order valence-corrected chi connectivity index (χ2v) is 3.33. The molecular formula is C10H12F3N3O3. The van der Waals surface area contributed by atoms with E-state index < -0.39 is 18.1 Å². The maximum Gasteiger partial charge on any atom is 0.573 e. The molecule has 0 unspecified atom stereocenters. The van der Waals surface area contributed by atoms with Crippen LogP contribution < -0.4 is 16.2 Å². The van der Waals surface area contributed by atoms with Gasteiger partial charge in [0.1, 0.15) is 11.4 Å². The maximum absolute atomic E-state index is 12.2. The predicted octanol–water partition coefficient (Wildman–Crippen LogP) is 1.20. The van der Waals surface area contributed by atoms with Crippen LogP contribution in [-0.4, -0.2) is 23.9 Å². The summed E-state index contributed by atoms with van der Waals surface area (Å²) >= 11 is 0. The number of carbonyl (C=O) groups is 1. The lowest BCUT2D eigenvalue weighted by Crippen LogP contribution is -2.22. The second-order valence-electron chi connectivity index (χ2n) is 3.33. The van der Waals surface area contributed by atoms with Crippen LogP contribution >= 0.6 is 0 Å². The van der Waals surface area contributed by atoms with Crippen molar-refractivity contribution >= 4 is 11.8 Å². The van der Waals surface area contributed by atoms with E-state index in [1.165, 1.54) is 0 Å². The fraction of sp³-hybridized carbons (Fsp3) is 0.400. The van der Waals surface area contributed by atoms with Crippen LogP contribution in [0.25, 0.3) is 0 Å². The zero-order valence-corrected chi connectivity index (χ0v) is 9.95. The van der Waals surface area contributed by atoms with E-state index in [9.17, 15) is 18.0 Å². The van der Waals surface area contributed by atoms with E-state index in [1.807, 2.05) is 0 Å². The molecule has 106 valence electrons. The lowest BCUT2D eigenvalue weighted by molar-refractivity contribution is -0.275. The van der Waals surface area contributed by atoms with Crippen molar-refractivity contribution in [3.05, 3.63) is 17.3 Å². The molecule has 0 amide bonds. The molecule has 0 bridgehead atoms. The van der Waals surface area contributed by atoms with E-state index in [0.29, 0.717) is 0 Å². The third-order valence-corrected chi connectivity index (χ3v) is 2.09. The summed E-state index contributed by atoms with van der Waals surface area (Å²) in [5.41, 5.74) is 10.3. The highest BCUT2D eigenvalue weighted by Crippen LogP contribution is 2.30. The number of nitrogen functional groups attached to an aromatic ring is 1. The van der Waals surface area contributed by atoms with Crippen molar-refractivity contribution in [3.63, 3.8) is 0 Å². The van der Waals surface area contributed by atoms with Gasteiger partial charge in [-0.15, -0.1) is 13.2 Å². The Morgan fingerprint density at radius 2 is 2.11 bits per heavy atom. The lowest BCUT2D eigenvalue weighted by atomic mass is 10.1. The topological polar surface area (TPSA) is 100 Å². The van der Waals surface area contributed by atoms with Crippen LogP contribution in [0.1, 0.15) is 22.8 Å². The molecule has 0 saturated heterocycles. The van der Waals surface area contributed by atoms with Gasteiger partial charge in [-0.2, -0.15) is 0 Å². The Bertz CT molecular complexity index is 477. The van der Waals surface area contributed by atoms with E-state index >= 15 is 0 Å². The molecular weight excluding hydrogens is 267 g/mol. The molecule has 0 aliphatic heterocycles. The number of ether oxygens (including phenoxy) is 2. The summed E-state index contributed by atoms with van der Waals surface area (Å²) in [6, 6.07) is 0. The largest absolute Gasteiger partial charge is 0.573 e. The summed E-state index contributed by atoms with van der Waals surface area (Å²) < 4.78 is 45.0. The highest BCUT2D eigenvalue weighted by atomic mass is 19.4. The Balaban J connectivity index is 3.29. The number of hydrogen-bond acceptors (Lipinski definition) is 6. The molecule has 1 aromatic heterocycles. The first kappa shape index (κ1) is 15.0. The van der Waals surface area contributed by atoms with Crippen molar-refractivity contribution in [2.24, 2.45) is 5.73 Å². The molecule has 6 nitrogen and oxygen atoms in total. The Morgan fingerprint density at radius 3 is 2.58 bits per heavy atom. The number of anilines is 1. The quantitative estimate of drug-likeness (QED) is 0.803. The smallest absolute Gasteiger partial charge is 0.462 e. The van der Waals surface area contributed by atoms with Gasteiger partial charge in [0.05, 0.1) is 12.8 Å². The average Bonchev–Trinajstić information content (AvgIpc) is 2.29. The summed E-state index contributed by atoms with van der Waals surface area (Å²) in [7, 11) is 0. The van der Waals surface area contributed by atoms with E-state index in [4.69, 9.17) is 11.5 Å². The SMILES string of the molecule is CCOC(=O)c1c(N)ncc(OC(F)(F)F)c1CN. The number of carbonyl (C=O) groups excluding carboxylic acids is 1. The van der Waals surface area contributed by atoms with Gasteiger partial charge in [0.2, 0.25) is 0 Å². The van der Waals surface area contributed by atoms with Crippen molar-refractivity contribution in [3.8, 4) is 5.75 Å². The summed E-state index contributed by atoms with van der Waals surface area (Å²) in [6.45, 7) is 1.19. The van der Waals surface area contributed by atoms with E-state index in [0.717, 1.165) is 6.20 Å². The molecule has 9 heteroatoms. The van der Waals surface area contributed by atoms with Crippen molar-refractivity contribution < 1.29 is 27.4 Å². The molecule has 1 heterocycles. The summed E-state index contributed by atoms with van der Waals surface area (Å²) in [4.78, 5) is 15.1. The minimum absolute atomic E-state index is 0.0344. The molecule has 0 aliphatic rings. The van der Waals surface area contributed by atoms with Crippen LogP contribution in [0.2, 0.25) is 0 Å². The monoisotopic (exact) mass is 279 g/mol.